The highest BCUT2D eigenvalue weighted by molar-refractivity contribution is 6.30. The molecule has 0 aliphatic rings. The molecule has 0 aliphatic carbocycles. The van der Waals surface area contributed by atoms with Crippen LogP contribution in [0, 0.1) is 13.8 Å². The number of halogens is 1. The van der Waals surface area contributed by atoms with E-state index >= 15 is 0 Å². The Bertz CT molecular complexity index is 773. The van der Waals surface area contributed by atoms with Crippen molar-refractivity contribution in [2.45, 2.75) is 26.8 Å². The minimum absolute atomic E-state index is 0.0693. The highest BCUT2D eigenvalue weighted by atomic mass is 35.5. The largest absolute Gasteiger partial charge is 0.351 e. The molecule has 0 fully saturated rings. The highest BCUT2D eigenvalue weighted by Crippen LogP contribution is 2.12. The number of aryl methyl sites for hydroxylation is 3. The molecule has 0 radical (unpaired) electrons. The van der Waals surface area contributed by atoms with Gasteiger partial charge in [-0.2, -0.15) is 5.10 Å². The molecule has 8 heteroatoms. The molecule has 2 aromatic rings. The number of hydrogen-bond donors (Lipinski definition) is 3. The molecular formula is C19H27ClN5O2+. The SMILES string of the molecule is Cc1cc(C)n(CCCNC(=O)C[NH+](C)CC(=O)Nc2ccc(Cl)cc2)n1. The van der Waals surface area contributed by atoms with Gasteiger partial charge < -0.3 is 15.5 Å². The van der Waals surface area contributed by atoms with Crippen LogP contribution in [0.2, 0.25) is 5.02 Å². The van der Waals surface area contributed by atoms with E-state index in [-0.39, 0.29) is 24.9 Å². The molecule has 0 saturated heterocycles. The summed E-state index contributed by atoms with van der Waals surface area (Å²) in [4.78, 5) is 24.9. The van der Waals surface area contributed by atoms with E-state index in [1.54, 1.807) is 24.3 Å². The number of nitrogens with one attached hydrogen (secondary N) is 3. The lowest BCUT2D eigenvalue weighted by atomic mass is 10.3. The van der Waals surface area contributed by atoms with E-state index < -0.39 is 0 Å². The molecule has 7 nitrogen and oxygen atoms in total. The van der Waals surface area contributed by atoms with Crippen LogP contribution in [-0.4, -0.2) is 48.3 Å². The topological polar surface area (TPSA) is 80.5 Å². The van der Waals surface area contributed by atoms with Gasteiger partial charge in [0.2, 0.25) is 0 Å². The van der Waals surface area contributed by atoms with Gasteiger partial charge in [0.25, 0.3) is 11.8 Å². The zero-order valence-corrected chi connectivity index (χ0v) is 16.8. The number of benzene rings is 1. The fourth-order valence-corrected chi connectivity index (χ4v) is 2.90. The molecule has 1 aromatic heterocycles. The Hall–Kier alpha value is -2.38. The summed E-state index contributed by atoms with van der Waals surface area (Å²) in [5.41, 5.74) is 2.80. The quantitative estimate of drug-likeness (QED) is 0.552. The number of carbonyl (C=O) groups is 2. The average Bonchev–Trinajstić information content (AvgIpc) is 2.91. The number of likely N-dealkylation sites (N-methyl/N-ethyl adjacent to an activating group) is 1. The van der Waals surface area contributed by atoms with E-state index in [1.165, 1.54) is 0 Å². The van der Waals surface area contributed by atoms with E-state index in [2.05, 4.69) is 15.7 Å². The molecule has 1 heterocycles. The summed E-state index contributed by atoms with van der Waals surface area (Å²) in [6.45, 7) is 5.79. The van der Waals surface area contributed by atoms with Crippen molar-refractivity contribution in [3.8, 4) is 0 Å². The Morgan fingerprint density at radius 3 is 2.44 bits per heavy atom. The van der Waals surface area contributed by atoms with Crippen molar-refractivity contribution < 1.29 is 14.5 Å². The van der Waals surface area contributed by atoms with Crippen LogP contribution in [0.15, 0.2) is 30.3 Å². The van der Waals surface area contributed by atoms with E-state index in [4.69, 9.17) is 11.6 Å². The maximum Gasteiger partial charge on any atom is 0.279 e. The lowest BCUT2D eigenvalue weighted by Crippen LogP contribution is -3.11. The van der Waals surface area contributed by atoms with Crippen LogP contribution in [0.3, 0.4) is 0 Å². The second-order valence-electron chi connectivity index (χ2n) is 6.72. The summed E-state index contributed by atoms with van der Waals surface area (Å²) in [7, 11) is 1.82. The number of rotatable bonds is 9. The zero-order valence-electron chi connectivity index (χ0n) is 16.0. The fourth-order valence-electron chi connectivity index (χ4n) is 2.77. The molecule has 0 saturated carbocycles. The summed E-state index contributed by atoms with van der Waals surface area (Å²) < 4.78 is 1.94. The molecule has 0 aliphatic heterocycles. The number of nitrogens with zero attached hydrogens (tertiary/aromatic N) is 2. The summed E-state index contributed by atoms with van der Waals surface area (Å²) >= 11 is 5.82. The van der Waals surface area contributed by atoms with Crippen molar-refractivity contribution in [2.24, 2.45) is 0 Å². The van der Waals surface area contributed by atoms with Gasteiger partial charge in [0.1, 0.15) is 0 Å². The average molecular weight is 393 g/mol. The van der Waals surface area contributed by atoms with E-state index in [0.717, 1.165) is 29.3 Å². The van der Waals surface area contributed by atoms with Gasteiger partial charge in [-0.05, 0) is 50.6 Å². The predicted molar refractivity (Wildman–Crippen MR) is 106 cm³/mol. The first-order valence-electron chi connectivity index (χ1n) is 8.98. The number of carbonyl (C=O) groups excluding carboxylic acids is 2. The number of hydrogen-bond acceptors (Lipinski definition) is 3. The van der Waals surface area contributed by atoms with Crippen LogP contribution in [-0.2, 0) is 16.1 Å². The second-order valence-corrected chi connectivity index (χ2v) is 7.16. The van der Waals surface area contributed by atoms with Crippen molar-refractivity contribution in [2.75, 3.05) is 32.0 Å². The molecule has 1 aromatic carbocycles. The fraction of sp³-hybridized carbons (Fsp3) is 0.421. The van der Waals surface area contributed by atoms with Crippen LogP contribution in [0.5, 0.6) is 0 Å². The molecule has 2 amide bonds. The number of amides is 2. The van der Waals surface area contributed by atoms with Crippen LogP contribution in [0.25, 0.3) is 0 Å². The molecule has 146 valence electrons. The van der Waals surface area contributed by atoms with E-state index in [0.29, 0.717) is 17.3 Å². The smallest absolute Gasteiger partial charge is 0.279 e. The molecule has 3 N–H and O–H groups in total. The lowest BCUT2D eigenvalue weighted by Gasteiger charge is -2.14. The van der Waals surface area contributed by atoms with Gasteiger partial charge in [-0.15, -0.1) is 0 Å². The first-order valence-corrected chi connectivity index (χ1v) is 9.36. The lowest BCUT2D eigenvalue weighted by molar-refractivity contribution is -0.862. The Labute approximate surface area is 164 Å². The van der Waals surface area contributed by atoms with Gasteiger partial charge in [-0.25, -0.2) is 0 Å². The minimum atomic E-state index is -0.146. The van der Waals surface area contributed by atoms with Crippen molar-refractivity contribution >= 4 is 29.1 Å². The van der Waals surface area contributed by atoms with Gasteiger partial charge in [-0.1, -0.05) is 11.6 Å². The maximum atomic E-state index is 12.0. The van der Waals surface area contributed by atoms with Crippen molar-refractivity contribution in [1.82, 2.24) is 15.1 Å². The molecule has 2 rings (SSSR count). The third-order valence-corrected chi connectivity index (χ3v) is 4.28. The second kappa shape index (κ2) is 10.1. The highest BCUT2D eigenvalue weighted by Gasteiger charge is 2.14. The number of quaternary nitrogens is 1. The van der Waals surface area contributed by atoms with E-state index in [9.17, 15) is 9.59 Å². The normalized spacial score (nSPS) is 11.9. The molecule has 0 spiro atoms. The number of anilines is 1. The van der Waals surface area contributed by atoms with Gasteiger partial charge in [0.15, 0.2) is 13.1 Å². The van der Waals surface area contributed by atoms with Crippen molar-refractivity contribution in [1.29, 1.82) is 0 Å². The minimum Gasteiger partial charge on any atom is -0.351 e. The first-order chi connectivity index (χ1) is 12.8. The Kier molecular flexibility index (Phi) is 7.82. The van der Waals surface area contributed by atoms with Crippen molar-refractivity contribution in [3.63, 3.8) is 0 Å². The van der Waals surface area contributed by atoms with Crippen LogP contribution < -0.4 is 15.5 Å². The summed E-state index contributed by atoms with van der Waals surface area (Å²) in [5.74, 6) is -0.215. The van der Waals surface area contributed by atoms with Crippen LogP contribution in [0.1, 0.15) is 17.8 Å². The summed E-state index contributed by atoms with van der Waals surface area (Å²) in [5, 5.41) is 10.7. The Morgan fingerprint density at radius 2 is 1.81 bits per heavy atom. The van der Waals surface area contributed by atoms with Crippen LogP contribution >= 0.6 is 11.6 Å². The van der Waals surface area contributed by atoms with Gasteiger partial charge >= 0.3 is 0 Å². The number of aromatic nitrogens is 2. The third-order valence-electron chi connectivity index (χ3n) is 4.02. The monoisotopic (exact) mass is 392 g/mol. The Balaban J connectivity index is 1.63. The maximum absolute atomic E-state index is 12.0. The summed E-state index contributed by atoms with van der Waals surface area (Å²) in [6.07, 6.45) is 0.809. The first kappa shape index (κ1) is 20.9. The van der Waals surface area contributed by atoms with Gasteiger partial charge in [0, 0.05) is 29.5 Å². The third kappa shape index (κ3) is 7.40. The van der Waals surface area contributed by atoms with Crippen molar-refractivity contribution in [3.05, 3.63) is 46.7 Å². The van der Waals surface area contributed by atoms with Gasteiger partial charge in [-0.3, -0.25) is 14.3 Å². The standard InChI is InChI=1S/C19H26ClN5O2/c1-14-11-15(2)25(23-14)10-4-9-21-18(26)12-24(3)13-19(27)22-17-7-5-16(20)6-8-17/h5-8,11H,4,9-10,12-13H2,1-3H3,(H,21,26)(H,22,27)/p+1. The predicted octanol–water partition coefficient (Wildman–Crippen LogP) is 0.813. The van der Waals surface area contributed by atoms with Gasteiger partial charge in [0.05, 0.1) is 12.7 Å². The molecular weight excluding hydrogens is 366 g/mol. The molecule has 1 unspecified atom stereocenters. The summed E-state index contributed by atoms with van der Waals surface area (Å²) in [6, 6.07) is 8.95. The zero-order chi connectivity index (χ0) is 19.8. The molecule has 1 atom stereocenters. The Morgan fingerprint density at radius 1 is 1.15 bits per heavy atom. The van der Waals surface area contributed by atoms with E-state index in [1.807, 2.05) is 31.6 Å². The molecule has 0 bridgehead atoms. The molecule has 27 heavy (non-hydrogen) atoms. The van der Waals surface area contributed by atoms with Crippen LogP contribution in [0.4, 0.5) is 5.69 Å².